The average Bonchev–Trinajstić information content (AvgIpc) is 2.99. The second kappa shape index (κ2) is 21.2. The molecule has 0 aromatic rings. The number of nitrogens with two attached hydrogens (primary N) is 3. The zero-order valence-electron chi connectivity index (χ0n) is 26.0. The molecule has 0 aromatic carbocycles. The van der Waals surface area contributed by atoms with Gasteiger partial charge in [0, 0.05) is 13.0 Å². The Balaban J connectivity index is 6.18. The summed E-state index contributed by atoms with van der Waals surface area (Å²) in [7, 11) is 0. The van der Waals surface area contributed by atoms with Crippen LogP contribution in [-0.4, -0.2) is 124 Å². The number of hydrogen-bond donors (Lipinski definition) is 12. The van der Waals surface area contributed by atoms with Crippen LogP contribution in [0.15, 0.2) is 4.99 Å². The van der Waals surface area contributed by atoms with Crippen LogP contribution in [0.4, 0.5) is 0 Å². The minimum Gasteiger partial charge on any atom is -0.481 e. The van der Waals surface area contributed by atoms with E-state index in [9.17, 15) is 43.8 Å². The van der Waals surface area contributed by atoms with E-state index in [2.05, 4.69) is 26.3 Å². The number of nitrogens with one attached hydrogen (secondary N) is 5. The molecule has 262 valence electrons. The Morgan fingerprint density at radius 2 is 1.17 bits per heavy atom. The minimum absolute atomic E-state index is 0.0324. The van der Waals surface area contributed by atoms with E-state index in [0.29, 0.717) is 6.42 Å². The van der Waals surface area contributed by atoms with E-state index in [1.165, 1.54) is 6.92 Å². The molecule has 20 heteroatoms. The fraction of sp³-hybridized carbons (Fsp3) is 0.692. The van der Waals surface area contributed by atoms with Gasteiger partial charge in [-0.1, -0.05) is 20.3 Å². The van der Waals surface area contributed by atoms with Crippen molar-refractivity contribution in [1.29, 1.82) is 0 Å². The van der Waals surface area contributed by atoms with Gasteiger partial charge in [0.2, 0.25) is 29.5 Å². The van der Waals surface area contributed by atoms with Crippen LogP contribution in [0.3, 0.4) is 0 Å². The van der Waals surface area contributed by atoms with Crippen molar-refractivity contribution in [2.24, 2.45) is 28.1 Å². The topological polar surface area (TPSA) is 351 Å². The van der Waals surface area contributed by atoms with Gasteiger partial charge in [-0.2, -0.15) is 0 Å². The maximum Gasteiger partial charge on any atom is 0.328 e. The van der Waals surface area contributed by atoms with Gasteiger partial charge in [-0.3, -0.25) is 33.8 Å². The molecule has 5 amide bonds. The van der Waals surface area contributed by atoms with Gasteiger partial charge in [0.1, 0.15) is 30.2 Å². The van der Waals surface area contributed by atoms with Crippen molar-refractivity contribution < 1.29 is 54.0 Å². The number of amides is 5. The predicted molar refractivity (Wildman–Crippen MR) is 161 cm³/mol. The lowest BCUT2D eigenvalue weighted by Gasteiger charge is -2.29. The summed E-state index contributed by atoms with van der Waals surface area (Å²) in [5.41, 5.74) is 16.2. The summed E-state index contributed by atoms with van der Waals surface area (Å²) in [5.74, 6) is -8.22. The molecule has 0 aliphatic carbocycles. The summed E-state index contributed by atoms with van der Waals surface area (Å²) in [6.07, 6.45) is -0.696. The first kappa shape index (κ1) is 41.4. The van der Waals surface area contributed by atoms with E-state index in [1.807, 2.05) is 5.32 Å². The molecule has 20 nitrogen and oxygen atoms in total. The van der Waals surface area contributed by atoms with Gasteiger partial charge < -0.3 is 64.2 Å². The lowest BCUT2D eigenvalue weighted by molar-refractivity contribution is -0.144. The van der Waals surface area contributed by atoms with Crippen molar-refractivity contribution in [3.63, 3.8) is 0 Å². The highest BCUT2D eigenvalue weighted by Gasteiger charge is 2.34. The molecular weight excluding hydrogens is 614 g/mol. The van der Waals surface area contributed by atoms with E-state index < -0.39 is 110 Å². The Morgan fingerprint density at radius 3 is 1.63 bits per heavy atom. The lowest BCUT2D eigenvalue weighted by atomic mass is 9.97. The van der Waals surface area contributed by atoms with Gasteiger partial charge in [0.05, 0.1) is 19.3 Å². The number of aliphatic hydroxyl groups is 2. The molecule has 0 aromatic heterocycles. The molecule has 0 spiro atoms. The third-order valence-electron chi connectivity index (χ3n) is 6.68. The monoisotopic (exact) mass is 661 g/mol. The van der Waals surface area contributed by atoms with Crippen LogP contribution >= 0.6 is 0 Å². The quantitative estimate of drug-likeness (QED) is 0.0293. The van der Waals surface area contributed by atoms with E-state index in [4.69, 9.17) is 27.4 Å². The average molecular weight is 662 g/mol. The van der Waals surface area contributed by atoms with Crippen LogP contribution in [0.25, 0.3) is 0 Å². The van der Waals surface area contributed by atoms with Crippen LogP contribution in [0.1, 0.15) is 52.9 Å². The van der Waals surface area contributed by atoms with Gasteiger partial charge in [-0.15, -0.1) is 0 Å². The molecule has 0 radical (unpaired) electrons. The van der Waals surface area contributed by atoms with Gasteiger partial charge in [-0.05, 0) is 32.1 Å². The number of nitrogens with zero attached hydrogens (tertiary/aromatic N) is 1. The predicted octanol–water partition coefficient (Wildman–Crippen LogP) is -5.21. The van der Waals surface area contributed by atoms with Gasteiger partial charge in [0.15, 0.2) is 5.96 Å². The molecule has 0 bridgehead atoms. The second-order valence-electron chi connectivity index (χ2n) is 10.5. The first-order chi connectivity index (χ1) is 21.5. The molecule has 0 rings (SSSR count). The van der Waals surface area contributed by atoms with Crippen molar-refractivity contribution in [1.82, 2.24) is 26.6 Å². The summed E-state index contributed by atoms with van der Waals surface area (Å²) < 4.78 is 0. The number of hydrogen-bond acceptors (Lipinski definition) is 11. The number of carboxylic acids is 2. The van der Waals surface area contributed by atoms with Crippen LogP contribution in [0, 0.1) is 5.92 Å². The summed E-state index contributed by atoms with van der Waals surface area (Å²) >= 11 is 0. The Hall–Kier alpha value is -4.56. The van der Waals surface area contributed by atoms with E-state index in [-0.39, 0.29) is 25.3 Å². The summed E-state index contributed by atoms with van der Waals surface area (Å²) in [6, 6.07) is -8.44. The molecule has 0 heterocycles. The fourth-order valence-electron chi connectivity index (χ4n) is 3.75. The largest absolute Gasteiger partial charge is 0.481 e. The van der Waals surface area contributed by atoms with Gasteiger partial charge >= 0.3 is 11.9 Å². The molecule has 0 saturated carbocycles. The number of aliphatic hydroxyl groups excluding tert-OH is 2. The lowest BCUT2D eigenvalue weighted by Crippen LogP contribution is -2.61. The van der Waals surface area contributed by atoms with E-state index in [0.717, 1.165) is 0 Å². The fourth-order valence-corrected chi connectivity index (χ4v) is 3.75. The van der Waals surface area contributed by atoms with Crippen LogP contribution < -0.4 is 43.8 Å². The van der Waals surface area contributed by atoms with Gasteiger partial charge in [0.25, 0.3) is 0 Å². The molecule has 0 unspecified atom stereocenters. The molecule has 15 N–H and O–H groups in total. The molecule has 0 saturated heterocycles. The maximum atomic E-state index is 13.5. The Kier molecular flexibility index (Phi) is 19.1. The number of rotatable bonds is 22. The first-order valence-corrected chi connectivity index (χ1v) is 14.5. The molecule has 7 atom stereocenters. The maximum absolute atomic E-state index is 13.5. The third kappa shape index (κ3) is 15.4. The molecule has 0 fully saturated rings. The van der Waals surface area contributed by atoms with E-state index in [1.54, 1.807) is 13.8 Å². The Morgan fingerprint density at radius 1 is 0.696 bits per heavy atom. The minimum atomic E-state index is -1.74. The Bertz CT molecular complexity index is 1100. The number of carbonyl (C=O) groups is 7. The Labute approximate surface area is 265 Å². The highest BCUT2D eigenvalue weighted by atomic mass is 16.4. The highest BCUT2D eigenvalue weighted by Crippen LogP contribution is 2.11. The zero-order valence-corrected chi connectivity index (χ0v) is 26.0. The zero-order chi connectivity index (χ0) is 35.6. The summed E-state index contributed by atoms with van der Waals surface area (Å²) in [5, 5.41) is 48.7. The van der Waals surface area contributed by atoms with Crippen molar-refractivity contribution in [3.05, 3.63) is 0 Å². The summed E-state index contributed by atoms with van der Waals surface area (Å²) in [6.45, 7) is 2.94. The van der Waals surface area contributed by atoms with Crippen molar-refractivity contribution in [3.8, 4) is 0 Å². The van der Waals surface area contributed by atoms with Gasteiger partial charge in [-0.25, -0.2) is 4.79 Å². The smallest absolute Gasteiger partial charge is 0.328 e. The molecular formula is C26H47N9O11. The van der Waals surface area contributed by atoms with E-state index >= 15 is 0 Å². The highest BCUT2D eigenvalue weighted by molar-refractivity contribution is 5.96. The normalized spacial score (nSPS) is 15.3. The number of carbonyl (C=O) groups excluding carboxylic acids is 5. The molecule has 0 aliphatic heterocycles. The number of aliphatic imine (C=N–C) groups is 1. The van der Waals surface area contributed by atoms with Crippen molar-refractivity contribution >= 4 is 47.4 Å². The standard InChI is InChI=1S/C26H47N9O11/c1-4-12(2)19(35-23(43)16(10-36)33-20(40)13(3)27)24(44)32-14(6-5-9-30-26(28)29)21(41)31-15(7-8-18(38)39)22(42)34-17(11-37)25(45)46/h12-17,19,36-37H,4-11,27H2,1-3H3,(H,31,41)(H,32,44)(H,33,40)(H,34,42)(H,35,43)(H,38,39)(H,45,46)(H4,28,29,30)/t12-,13-,14-,15-,16-,17-,19-/m0/s1. The number of carboxylic acid groups (broad SMARTS) is 2. The third-order valence-corrected chi connectivity index (χ3v) is 6.68. The number of guanidine groups is 1. The second-order valence-corrected chi connectivity index (χ2v) is 10.5. The van der Waals surface area contributed by atoms with Crippen LogP contribution in [0.5, 0.6) is 0 Å². The first-order valence-electron chi connectivity index (χ1n) is 14.5. The van der Waals surface area contributed by atoms with Crippen LogP contribution in [0.2, 0.25) is 0 Å². The van der Waals surface area contributed by atoms with Crippen molar-refractivity contribution in [2.45, 2.75) is 89.1 Å². The molecule has 46 heavy (non-hydrogen) atoms. The summed E-state index contributed by atoms with van der Waals surface area (Å²) in [4.78, 5) is 90.8. The van der Waals surface area contributed by atoms with Crippen LogP contribution in [-0.2, 0) is 33.6 Å². The van der Waals surface area contributed by atoms with Crippen molar-refractivity contribution in [2.75, 3.05) is 19.8 Å². The number of aliphatic carboxylic acids is 2. The SMILES string of the molecule is CC[C@H](C)[C@H](NC(=O)[C@H](CO)NC(=O)[C@H](C)N)C(=O)N[C@@H](CCCN=C(N)N)C(=O)N[C@@H](CCC(=O)O)C(=O)N[C@@H](CO)C(=O)O. The molecule has 0 aliphatic rings.